The summed E-state index contributed by atoms with van der Waals surface area (Å²) in [5, 5.41) is 0. The highest BCUT2D eigenvalue weighted by Gasteiger charge is 2.14. The summed E-state index contributed by atoms with van der Waals surface area (Å²) in [7, 11) is 0. The van der Waals surface area contributed by atoms with Crippen molar-refractivity contribution >= 4 is 0 Å². The monoisotopic (exact) mass is 90.0 g/mol. The van der Waals surface area contributed by atoms with Gasteiger partial charge in [0, 0.05) is 5.92 Å². The zero-order valence-electron chi connectivity index (χ0n) is 3.96. The van der Waals surface area contributed by atoms with Gasteiger partial charge in [0.25, 0.3) is 0 Å². The first kappa shape index (κ1) is 3.25. The number of hydrogen-bond acceptors (Lipinski definition) is 0. The number of allylic oxidation sites excluding steroid dienone is 6. The first-order valence-electron chi connectivity index (χ1n) is 2.53. The van der Waals surface area contributed by atoms with E-state index in [0.29, 0.717) is 5.92 Å². The van der Waals surface area contributed by atoms with Gasteiger partial charge in [0.05, 0.1) is 0 Å². The van der Waals surface area contributed by atoms with E-state index in [1.807, 2.05) is 0 Å². The van der Waals surface area contributed by atoms with Crippen LogP contribution in [0.15, 0.2) is 36.0 Å². The van der Waals surface area contributed by atoms with Crippen LogP contribution in [0.2, 0.25) is 0 Å². The molecule has 0 aromatic carbocycles. The molecule has 0 saturated carbocycles. The predicted molar refractivity (Wildman–Crippen MR) is 29.9 cm³/mol. The molecule has 0 heteroatoms. The molecule has 0 aliphatic heterocycles. The van der Waals surface area contributed by atoms with Crippen molar-refractivity contribution in [1.29, 1.82) is 0 Å². The SMILES string of the molecule is C1=CC2C=CC2=C1. The van der Waals surface area contributed by atoms with Crippen molar-refractivity contribution in [2.75, 3.05) is 0 Å². The Labute approximate surface area is 42.8 Å². The van der Waals surface area contributed by atoms with Gasteiger partial charge in [0.1, 0.15) is 0 Å². The second kappa shape index (κ2) is 0.890. The molecule has 0 N–H and O–H groups in total. The molecular weight excluding hydrogens is 84.1 g/mol. The van der Waals surface area contributed by atoms with Crippen molar-refractivity contribution in [2.24, 2.45) is 5.92 Å². The summed E-state index contributed by atoms with van der Waals surface area (Å²) in [6, 6.07) is 0. The van der Waals surface area contributed by atoms with Crippen molar-refractivity contribution in [1.82, 2.24) is 0 Å². The lowest BCUT2D eigenvalue weighted by molar-refractivity contribution is 0.963. The maximum Gasteiger partial charge on any atom is 0.0204 e. The third-order valence-electron chi connectivity index (χ3n) is 1.49. The molecular formula is C7H6. The molecule has 0 amide bonds. The number of rotatable bonds is 0. The fourth-order valence-corrected chi connectivity index (χ4v) is 0.947. The summed E-state index contributed by atoms with van der Waals surface area (Å²) in [4.78, 5) is 0. The summed E-state index contributed by atoms with van der Waals surface area (Å²) < 4.78 is 0. The van der Waals surface area contributed by atoms with Crippen LogP contribution >= 0.6 is 0 Å². The van der Waals surface area contributed by atoms with Crippen LogP contribution in [0.3, 0.4) is 0 Å². The highest BCUT2D eigenvalue weighted by atomic mass is 14.2. The largest absolute Gasteiger partial charge is 0.0732 e. The van der Waals surface area contributed by atoms with Crippen LogP contribution < -0.4 is 0 Å². The lowest BCUT2D eigenvalue weighted by Gasteiger charge is -2.12. The molecule has 1 atom stereocenters. The average Bonchev–Trinajstić information content (AvgIpc) is 1.85. The third kappa shape index (κ3) is 0.268. The second-order valence-corrected chi connectivity index (χ2v) is 1.94. The standard InChI is InChI=1S/C7H6/c1-2-6-4-5-7(6)3-1/h1-6H. The van der Waals surface area contributed by atoms with E-state index in [4.69, 9.17) is 0 Å². The highest BCUT2D eigenvalue weighted by Crippen LogP contribution is 2.29. The Morgan fingerprint density at radius 2 is 2.29 bits per heavy atom. The van der Waals surface area contributed by atoms with Crippen molar-refractivity contribution in [2.45, 2.75) is 0 Å². The van der Waals surface area contributed by atoms with E-state index in [9.17, 15) is 0 Å². The van der Waals surface area contributed by atoms with Crippen LogP contribution in [0.1, 0.15) is 0 Å². The summed E-state index contributed by atoms with van der Waals surface area (Å²) in [6.45, 7) is 0. The average molecular weight is 90.1 g/mol. The molecule has 1 unspecified atom stereocenters. The van der Waals surface area contributed by atoms with Crippen molar-refractivity contribution in [3.05, 3.63) is 36.0 Å². The smallest absolute Gasteiger partial charge is 0.0204 e. The summed E-state index contributed by atoms with van der Waals surface area (Å²) in [5.41, 5.74) is 1.47. The minimum Gasteiger partial charge on any atom is -0.0732 e. The summed E-state index contributed by atoms with van der Waals surface area (Å²) in [6.07, 6.45) is 10.8. The lowest BCUT2D eigenvalue weighted by Crippen LogP contribution is -1.99. The second-order valence-electron chi connectivity index (χ2n) is 1.94. The highest BCUT2D eigenvalue weighted by molar-refractivity contribution is 5.46. The van der Waals surface area contributed by atoms with Gasteiger partial charge in [-0.3, -0.25) is 0 Å². The van der Waals surface area contributed by atoms with E-state index < -0.39 is 0 Å². The quantitative estimate of drug-likeness (QED) is 0.424. The Morgan fingerprint density at radius 1 is 1.29 bits per heavy atom. The molecule has 0 bridgehead atoms. The van der Waals surface area contributed by atoms with Crippen molar-refractivity contribution in [3.63, 3.8) is 0 Å². The molecule has 0 heterocycles. The maximum absolute atomic E-state index is 2.20. The Morgan fingerprint density at radius 3 is 2.57 bits per heavy atom. The molecule has 2 aliphatic carbocycles. The van der Waals surface area contributed by atoms with Crippen molar-refractivity contribution < 1.29 is 0 Å². The van der Waals surface area contributed by atoms with Crippen LogP contribution in [0, 0.1) is 5.92 Å². The molecule has 2 rings (SSSR count). The van der Waals surface area contributed by atoms with Crippen LogP contribution in [-0.2, 0) is 0 Å². The minimum absolute atomic E-state index is 0.694. The molecule has 0 aromatic heterocycles. The molecule has 0 aromatic rings. The molecule has 0 saturated heterocycles. The Bertz CT molecular complexity index is 162. The van der Waals surface area contributed by atoms with Crippen LogP contribution in [0.5, 0.6) is 0 Å². The van der Waals surface area contributed by atoms with E-state index in [2.05, 4.69) is 30.4 Å². The molecule has 0 spiro atoms. The van der Waals surface area contributed by atoms with E-state index in [1.54, 1.807) is 0 Å². The molecule has 2 aliphatic rings. The first-order valence-corrected chi connectivity index (χ1v) is 2.53. The van der Waals surface area contributed by atoms with E-state index in [0.717, 1.165) is 0 Å². The van der Waals surface area contributed by atoms with Crippen molar-refractivity contribution in [3.8, 4) is 0 Å². The van der Waals surface area contributed by atoms with Crippen LogP contribution in [0.25, 0.3) is 0 Å². The van der Waals surface area contributed by atoms with Gasteiger partial charge in [-0.2, -0.15) is 0 Å². The van der Waals surface area contributed by atoms with Gasteiger partial charge in [-0.1, -0.05) is 30.4 Å². The number of fused-ring (bicyclic) bond motifs is 1. The fourth-order valence-electron chi connectivity index (χ4n) is 0.947. The Hall–Kier alpha value is -0.780. The molecule has 0 nitrogen and oxygen atoms in total. The third-order valence-corrected chi connectivity index (χ3v) is 1.49. The topological polar surface area (TPSA) is 0 Å². The van der Waals surface area contributed by atoms with E-state index in [-0.39, 0.29) is 0 Å². The van der Waals surface area contributed by atoms with Gasteiger partial charge in [-0.15, -0.1) is 0 Å². The van der Waals surface area contributed by atoms with Gasteiger partial charge in [0.15, 0.2) is 0 Å². The van der Waals surface area contributed by atoms with Gasteiger partial charge in [0.2, 0.25) is 0 Å². The Kier molecular flexibility index (Phi) is 0.413. The van der Waals surface area contributed by atoms with Gasteiger partial charge < -0.3 is 0 Å². The lowest BCUT2D eigenvalue weighted by atomic mass is 9.92. The predicted octanol–water partition coefficient (Wildman–Crippen LogP) is 1.67. The summed E-state index contributed by atoms with van der Waals surface area (Å²) in [5.74, 6) is 0.694. The molecule has 34 valence electrons. The minimum atomic E-state index is 0.694. The van der Waals surface area contributed by atoms with Crippen LogP contribution in [0.4, 0.5) is 0 Å². The van der Waals surface area contributed by atoms with Gasteiger partial charge >= 0.3 is 0 Å². The fraction of sp³-hybridized carbons (Fsp3) is 0.143. The van der Waals surface area contributed by atoms with Crippen LogP contribution in [-0.4, -0.2) is 0 Å². The first-order chi connectivity index (χ1) is 3.47. The Balaban J connectivity index is 2.51. The van der Waals surface area contributed by atoms with Gasteiger partial charge in [-0.05, 0) is 5.57 Å². The van der Waals surface area contributed by atoms with Gasteiger partial charge in [-0.25, -0.2) is 0 Å². The zero-order chi connectivity index (χ0) is 4.69. The summed E-state index contributed by atoms with van der Waals surface area (Å²) >= 11 is 0. The molecule has 0 radical (unpaired) electrons. The maximum atomic E-state index is 2.20. The molecule has 0 fully saturated rings. The van der Waals surface area contributed by atoms with E-state index in [1.165, 1.54) is 5.57 Å². The molecule has 7 heavy (non-hydrogen) atoms. The number of hydrogen-bond donors (Lipinski definition) is 0. The van der Waals surface area contributed by atoms with E-state index >= 15 is 0 Å². The zero-order valence-corrected chi connectivity index (χ0v) is 3.96. The normalized spacial score (nSPS) is 32.0.